The average Bonchev–Trinajstić information content (AvgIpc) is 2.49. The molecular formula is C16H22Cl3F3N2. The van der Waals surface area contributed by atoms with Gasteiger partial charge in [-0.25, -0.2) is 0 Å². The van der Waals surface area contributed by atoms with Crippen LogP contribution in [0.1, 0.15) is 30.0 Å². The molecule has 0 unspecified atom stereocenters. The molecule has 138 valence electrons. The summed E-state index contributed by atoms with van der Waals surface area (Å²) in [4.78, 5) is 2.20. The quantitative estimate of drug-likeness (QED) is 0.684. The summed E-state index contributed by atoms with van der Waals surface area (Å²) in [6.45, 7) is 6.98. The van der Waals surface area contributed by atoms with Gasteiger partial charge in [-0.1, -0.05) is 29.8 Å². The first-order chi connectivity index (χ1) is 10.4. The Morgan fingerprint density at radius 2 is 1.88 bits per heavy atom. The van der Waals surface area contributed by atoms with E-state index in [4.69, 9.17) is 11.6 Å². The van der Waals surface area contributed by atoms with E-state index in [2.05, 4.69) is 16.8 Å². The molecule has 1 atom stereocenters. The lowest BCUT2D eigenvalue weighted by molar-refractivity contribution is -0.137. The van der Waals surface area contributed by atoms with E-state index in [0.29, 0.717) is 12.0 Å². The smallest absolute Gasteiger partial charge is 0.314 e. The minimum Gasteiger partial charge on any atom is -0.314 e. The first kappa shape index (κ1) is 23.5. The Kier molecular flexibility index (Phi) is 10.3. The first-order valence-electron chi connectivity index (χ1n) is 7.36. The number of allylic oxidation sites excluding steroid dienone is 1. The molecule has 24 heavy (non-hydrogen) atoms. The summed E-state index contributed by atoms with van der Waals surface area (Å²) >= 11 is 6.10. The van der Waals surface area contributed by atoms with E-state index in [0.717, 1.165) is 38.7 Å². The Balaban J connectivity index is 0.00000264. The van der Waals surface area contributed by atoms with E-state index in [9.17, 15) is 13.2 Å². The van der Waals surface area contributed by atoms with Gasteiger partial charge in [0.25, 0.3) is 0 Å². The minimum absolute atomic E-state index is 0. The number of piperazine rings is 1. The van der Waals surface area contributed by atoms with Gasteiger partial charge in [0.1, 0.15) is 0 Å². The van der Waals surface area contributed by atoms with Crippen LogP contribution in [0.2, 0.25) is 5.02 Å². The molecule has 2 nitrogen and oxygen atoms in total. The predicted molar refractivity (Wildman–Crippen MR) is 97.6 cm³/mol. The number of rotatable bonds is 5. The molecule has 0 saturated carbocycles. The van der Waals surface area contributed by atoms with Gasteiger partial charge in [0, 0.05) is 32.2 Å². The zero-order valence-corrected chi connectivity index (χ0v) is 15.5. The molecule has 0 bridgehead atoms. The van der Waals surface area contributed by atoms with Gasteiger partial charge < -0.3 is 5.32 Å². The van der Waals surface area contributed by atoms with Gasteiger partial charge in [-0.15, -0.1) is 31.4 Å². The molecular weight excluding hydrogens is 384 g/mol. The van der Waals surface area contributed by atoms with E-state index in [1.165, 1.54) is 6.07 Å². The van der Waals surface area contributed by atoms with Crippen LogP contribution >= 0.6 is 36.4 Å². The molecule has 0 aromatic heterocycles. The van der Waals surface area contributed by atoms with E-state index < -0.39 is 11.7 Å². The van der Waals surface area contributed by atoms with E-state index in [-0.39, 0.29) is 35.9 Å². The predicted octanol–water partition coefficient (Wildman–Crippen LogP) is 5.11. The van der Waals surface area contributed by atoms with Crippen molar-refractivity contribution < 1.29 is 13.2 Å². The highest BCUT2D eigenvalue weighted by atomic mass is 35.5. The summed E-state index contributed by atoms with van der Waals surface area (Å²) in [5.41, 5.74) is -0.203. The molecule has 2 rings (SSSR count). The normalized spacial score (nSPS) is 16.7. The molecule has 1 aliphatic heterocycles. The fraction of sp³-hybridized carbons (Fsp3) is 0.500. The Morgan fingerprint density at radius 3 is 2.42 bits per heavy atom. The number of hydrogen-bond donors (Lipinski definition) is 1. The number of nitrogens with one attached hydrogen (secondary N) is 1. The van der Waals surface area contributed by atoms with E-state index >= 15 is 0 Å². The summed E-state index contributed by atoms with van der Waals surface area (Å²) in [5.74, 6) is 0. The number of benzene rings is 1. The molecule has 0 radical (unpaired) electrons. The highest BCUT2D eigenvalue weighted by Crippen LogP contribution is 2.40. The Hall–Kier alpha value is -0.460. The van der Waals surface area contributed by atoms with Crippen LogP contribution in [0.4, 0.5) is 13.2 Å². The second-order valence-corrected chi connectivity index (χ2v) is 5.75. The van der Waals surface area contributed by atoms with Crippen molar-refractivity contribution in [2.24, 2.45) is 0 Å². The van der Waals surface area contributed by atoms with Gasteiger partial charge in [-0.3, -0.25) is 4.90 Å². The average molecular weight is 406 g/mol. The van der Waals surface area contributed by atoms with Crippen LogP contribution in [0, 0.1) is 0 Å². The third kappa shape index (κ3) is 5.81. The van der Waals surface area contributed by atoms with Gasteiger partial charge in [-0.05, 0) is 24.5 Å². The van der Waals surface area contributed by atoms with Crippen molar-refractivity contribution in [3.05, 3.63) is 47.0 Å². The summed E-state index contributed by atoms with van der Waals surface area (Å²) in [6, 6.07) is 4.06. The molecule has 1 heterocycles. The van der Waals surface area contributed by atoms with E-state index in [1.807, 2.05) is 0 Å². The molecule has 1 aromatic rings. The standard InChI is InChI=1S/C16H20ClF3N2.2ClH/c1-2-3-7-14(22-10-8-21-9-11-22)12-5-4-6-13(15(12)17)16(18,19)20;;/h2,4-6,14,21H,1,3,7-11H2;2*1H/t14-;;/m0../s1. The monoisotopic (exact) mass is 404 g/mol. The van der Waals surface area contributed by atoms with Crippen molar-refractivity contribution in [2.45, 2.75) is 25.1 Å². The molecule has 1 saturated heterocycles. The van der Waals surface area contributed by atoms with Gasteiger partial charge in [0.2, 0.25) is 0 Å². The van der Waals surface area contributed by atoms with Gasteiger partial charge >= 0.3 is 6.18 Å². The fourth-order valence-electron chi connectivity index (χ4n) is 2.83. The molecule has 8 heteroatoms. The van der Waals surface area contributed by atoms with Crippen molar-refractivity contribution in [1.82, 2.24) is 10.2 Å². The van der Waals surface area contributed by atoms with Crippen molar-refractivity contribution in [2.75, 3.05) is 26.2 Å². The van der Waals surface area contributed by atoms with Crippen molar-refractivity contribution in [1.29, 1.82) is 0 Å². The van der Waals surface area contributed by atoms with Crippen LogP contribution < -0.4 is 5.32 Å². The lowest BCUT2D eigenvalue weighted by Gasteiger charge is -2.36. The number of hydrogen-bond acceptors (Lipinski definition) is 2. The Morgan fingerprint density at radius 1 is 1.25 bits per heavy atom. The molecule has 0 aliphatic carbocycles. The maximum atomic E-state index is 13.1. The molecule has 1 fully saturated rings. The Labute approximate surface area is 158 Å². The zero-order valence-electron chi connectivity index (χ0n) is 13.1. The molecule has 0 amide bonds. The van der Waals surface area contributed by atoms with Crippen molar-refractivity contribution in [3.63, 3.8) is 0 Å². The fourth-order valence-corrected chi connectivity index (χ4v) is 3.19. The molecule has 1 aromatic carbocycles. The first-order valence-corrected chi connectivity index (χ1v) is 7.74. The third-order valence-electron chi connectivity index (χ3n) is 3.93. The summed E-state index contributed by atoms with van der Waals surface area (Å²) in [6.07, 6.45) is -1.19. The van der Waals surface area contributed by atoms with Crippen LogP contribution in [0.15, 0.2) is 30.9 Å². The molecule has 1 aliphatic rings. The highest BCUT2D eigenvalue weighted by molar-refractivity contribution is 6.32. The Bertz CT molecular complexity index is 518. The minimum atomic E-state index is -4.43. The summed E-state index contributed by atoms with van der Waals surface area (Å²) < 4.78 is 39.2. The van der Waals surface area contributed by atoms with Gasteiger partial charge in [0.05, 0.1) is 10.6 Å². The maximum absolute atomic E-state index is 13.1. The largest absolute Gasteiger partial charge is 0.417 e. The topological polar surface area (TPSA) is 15.3 Å². The van der Waals surface area contributed by atoms with Gasteiger partial charge in [-0.2, -0.15) is 13.2 Å². The number of halogens is 6. The number of alkyl halides is 3. The van der Waals surface area contributed by atoms with E-state index in [1.54, 1.807) is 12.1 Å². The van der Waals surface area contributed by atoms with Crippen molar-refractivity contribution >= 4 is 36.4 Å². The second-order valence-electron chi connectivity index (χ2n) is 5.37. The summed E-state index contributed by atoms with van der Waals surface area (Å²) in [5, 5.41) is 3.07. The van der Waals surface area contributed by atoms with Crippen LogP contribution in [0.3, 0.4) is 0 Å². The molecule has 0 spiro atoms. The SMILES string of the molecule is C=CCC[C@@H](c1cccc(C(F)(F)F)c1Cl)N1CCNCC1.Cl.Cl. The van der Waals surface area contributed by atoms with Crippen LogP contribution in [0.25, 0.3) is 0 Å². The van der Waals surface area contributed by atoms with Gasteiger partial charge in [0.15, 0.2) is 0 Å². The van der Waals surface area contributed by atoms with Crippen LogP contribution in [-0.2, 0) is 6.18 Å². The zero-order chi connectivity index (χ0) is 16.2. The van der Waals surface area contributed by atoms with Crippen LogP contribution in [-0.4, -0.2) is 31.1 Å². The second kappa shape index (κ2) is 10.5. The lowest BCUT2D eigenvalue weighted by Crippen LogP contribution is -2.45. The molecule has 1 N–H and O–H groups in total. The summed E-state index contributed by atoms with van der Waals surface area (Å²) in [7, 11) is 0. The van der Waals surface area contributed by atoms with Crippen LogP contribution in [0.5, 0.6) is 0 Å². The lowest BCUT2D eigenvalue weighted by atomic mass is 9.97. The highest BCUT2D eigenvalue weighted by Gasteiger charge is 2.35. The number of nitrogens with zero attached hydrogens (tertiary/aromatic N) is 1. The maximum Gasteiger partial charge on any atom is 0.417 e. The third-order valence-corrected chi connectivity index (χ3v) is 4.35. The van der Waals surface area contributed by atoms with Crippen molar-refractivity contribution in [3.8, 4) is 0 Å².